The van der Waals surface area contributed by atoms with Crippen LogP contribution in [0.15, 0.2) is 71.6 Å². The number of aliphatic hydroxyl groups is 1. The summed E-state index contributed by atoms with van der Waals surface area (Å²) in [6.07, 6.45) is -0.668. The molecule has 3 amide bonds. The lowest BCUT2D eigenvalue weighted by Gasteiger charge is -2.38. The van der Waals surface area contributed by atoms with Gasteiger partial charge in [0.1, 0.15) is 23.4 Å². The highest BCUT2D eigenvalue weighted by Crippen LogP contribution is 2.31. The molecule has 0 bridgehead atoms. The molecule has 1 aliphatic heterocycles. The third kappa shape index (κ3) is 7.42. The lowest BCUT2D eigenvalue weighted by atomic mass is 9.99. The number of likely N-dealkylation sites (N-methyl/N-ethyl adjacent to an activating group) is 1. The van der Waals surface area contributed by atoms with Gasteiger partial charge in [-0.15, -0.1) is 0 Å². The smallest absolute Gasteiger partial charge is 0.323 e. The highest BCUT2D eigenvalue weighted by Gasteiger charge is 2.35. The average molecular weight is 615 g/mol. The molecule has 11 nitrogen and oxygen atoms in total. The Morgan fingerprint density at radius 3 is 2.37 bits per heavy atom. The maximum atomic E-state index is 13.7. The first kappa shape index (κ1) is 31.7. The third-order valence-electron chi connectivity index (χ3n) is 7.23. The van der Waals surface area contributed by atoms with Crippen molar-refractivity contribution in [3.05, 3.63) is 78.1 Å². The first-order valence-electron chi connectivity index (χ1n) is 13.6. The summed E-state index contributed by atoms with van der Waals surface area (Å²) in [6.45, 7) is 3.43. The van der Waals surface area contributed by atoms with Gasteiger partial charge >= 0.3 is 6.03 Å². The van der Waals surface area contributed by atoms with E-state index in [4.69, 9.17) is 9.47 Å². The van der Waals surface area contributed by atoms with E-state index in [-0.39, 0.29) is 47.5 Å². The number of hydrogen-bond acceptors (Lipinski definition) is 7. The van der Waals surface area contributed by atoms with E-state index < -0.39 is 39.9 Å². The number of amides is 3. The van der Waals surface area contributed by atoms with Gasteiger partial charge in [0.15, 0.2) is 0 Å². The molecule has 0 unspecified atom stereocenters. The monoisotopic (exact) mass is 614 g/mol. The molecule has 3 N–H and O–H groups in total. The van der Waals surface area contributed by atoms with E-state index in [1.807, 2.05) is 6.92 Å². The number of halogens is 1. The van der Waals surface area contributed by atoms with Crippen LogP contribution in [0.25, 0.3) is 0 Å². The second kappa shape index (κ2) is 13.4. The SMILES string of the molecule is COc1ccc(S(=O)(=O)N(C)C[C@H]2Oc3ccc(NC(=O)Nc4ccc(F)cc4)cc3C(=O)N([C@H](C)CO)C[C@H]2C)cc1. The molecule has 0 aromatic heterocycles. The largest absolute Gasteiger partial charge is 0.497 e. The fourth-order valence-corrected chi connectivity index (χ4v) is 5.81. The van der Waals surface area contributed by atoms with Crippen molar-refractivity contribution in [3.8, 4) is 11.5 Å². The Bertz CT molecular complexity index is 1550. The second-order valence-electron chi connectivity index (χ2n) is 10.4. The molecule has 0 saturated heterocycles. The normalized spacial score (nSPS) is 17.7. The molecular weight excluding hydrogens is 579 g/mol. The number of ether oxygens (including phenoxy) is 2. The van der Waals surface area contributed by atoms with Crippen LogP contribution in [0.5, 0.6) is 11.5 Å². The van der Waals surface area contributed by atoms with Crippen molar-refractivity contribution in [3.63, 3.8) is 0 Å². The molecule has 3 aromatic rings. The predicted octanol–water partition coefficient (Wildman–Crippen LogP) is 4.02. The number of aliphatic hydroxyl groups excluding tert-OH is 1. The second-order valence-corrected chi connectivity index (χ2v) is 12.4. The van der Waals surface area contributed by atoms with Crippen molar-refractivity contribution in [2.24, 2.45) is 5.92 Å². The van der Waals surface area contributed by atoms with Gasteiger partial charge in [-0.25, -0.2) is 17.6 Å². The highest BCUT2D eigenvalue weighted by atomic mass is 32.2. The number of carbonyl (C=O) groups excluding carboxylic acids is 2. The Morgan fingerprint density at radius 1 is 1.12 bits per heavy atom. The minimum atomic E-state index is -3.88. The molecule has 13 heteroatoms. The number of sulfonamides is 1. The van der Waals surface area contributed by atoms with E-state index in [0.29, 0.717) is 11.4 Å². The first-order valence-corrected chi connectivity index (χ1v) is 15.0. The van der Waals surface area contributed by atoms with Crippen LogP contribution >= 0.6 is 0 Å². The van der Waals surface area contributed by atoms with E-state index in [1.54, 1.807) is 25.1 Å². The highest BCUT2D eigenvalue weighted by molar-refractivity contribution is 7.89. The van der Waals surface area contributed by atoms with E-state index in [1.165, 1.54) is 71.9 Å². The maximum absolute atomic E-state index is 13.7. The number of carbonyl (C=O) groups is 2. The maximum Gasteiger partial charge on any atom is 0.323 e. The summed E-state index contributed by atoms with van der Waals surface area (Å²) in [6, 6.07) is 14.7. The minimum absolute atomic E-state index is 0.0232. The van der Waals surface area contributed by atoms with Crippen LogP contribution in [0.3, 0.4) is 0 Å². The summed E-state index contributed by atoms with van der Waals surface area (Å²) in [5.74, 6) is -0.441. The fourth-order valence-electron chi connectivity index (χ4n) is 4.62. The quantitative estimate of drug-likeness (QED) is 0.331. The molecular formula is C30H35FN4O7S. The standard InChI is InChI=1S/C30H35FN4O7S/c1-19-16-35(20(2)18-36)29(37)26-15-23(33-30(38)32-22-7-5-21(31)6-8-22)9-14-27(26)42-28(19)17-34(3)43(39,40)25-12-10-24(41-4)11-13-25/h5-15,19-20,28,36H,16-18H2,1-4H3,(H2,32,33,38)/t19-,20-,28-/m1/s1. The van der Waals surface area contributed by atoms with Gasteiger partial charge in [0, 0.05) is 30.9 Å². The van der Waals surface area contributed by atoms with Gasteiger partial charge in [-0.2, -0.15) is 4.31 Å². The molecule has 230 valence electrons. The van der Waals surface area contributed by atoms with E-state index in [2.05, 4.69) is 10.6 Å². The Morgan fingerprint density at radius 2 is 1.74 bits per heavy atom. The lowest BCUT2D eigenvalue weighted by molar-refractivity contribution is 0.0387. The zero-order chi connectivity index (χ0) is 31.3. The molecule has 0 spiro atoms. The number of anilines is 2. The third-order valence-corrected chi connectivity index (χ3v) is 9.07. The molecule has 0 radical (unpaired) electrons. The Balaban J connectivity index is 1.60. The fraction of sp³-hybridized carbons (Fsp3) is 0.333. The number of fused-ring (bicyclic) bond motifs is 1. The molecule has 0 fully saturated rings. The Hall–Kier alpha value is -4.20. The molecule has 43 heavy (non-hydrogen) atoms. The average Bonchev–Trinajstić information content (AvgIpc) is 2.99. The molecule has 0 aliphatic carbocycles. The minimum Gasteiger partial charge on any atom is -0.497 e. The molecule has 3 atom stereocenters. The van der Waals surface area contributed by atoms with Crippen LogP contribution in [0.1, 0.15) is 24.2 Å². The van der Waals surface area contributed by atoms with Gasteiger partial charge in [0.05, 0.1) is 36.8 Å². The van der Waals surface area contributed by atoms with E-state index in [9.17, 15) is 27.5 Å². The van der Waals surface area contributed by atoms with Gasteiger partial charge < -0.3 is 30.1 Å². The number of hydrogen-bond donors (Lipinski definition) is 3. The molecule has 1 heterocycles. The first-order chi connectivity index (χ1) is 20.4. The molecule has 1 aliphatic rings. The van der Waals surface area contributed by atoms with Crippen molar-refractivity contribution in [2.75, 3.05) is 44.5 Å². The molecule has 3 aromatic carbocycles. The number of methoxy groups -OCH3 is 1. The van der Waals surface area contributed by atoms with Crippen molar-refractivity contribution in [1.82, 2.24) is 9.21 Å². The summed E-state index contributed by atoms with van der Waals surface area (Å²) in [4.78, 5) is 27.9. The Kier molecular flexibility index (Phi) is 9.89. The van der Waals surface area contributed by atoms with Gasteiger partial charge in [0.25, 0.3) is 5.91 Å². The summed E-state index contributed by atoms with van der Waals surface area (Å²) in [5.41, 5.74) is 0.798. The van der Waals surface area contributed by atoms with Crippen LogP contribution in [-0.4, -0.2) is 80.7 Å². The van der Waals surface area contributed by atoms with Crippen molar-refractivity contribution in [1.29, 1.82) is 0 Å². The predicted molar refractivity (Wildman–Crippen MR) is 159 cm³/mol. The van der Waals surface area contributed by atoms with Gasteiger partial charge in [-0.3, -0.25) is 4.79 Å². The number of urea groups is 1. The topological polar surface area (TPSA) is 138 Å². The number of benzene rings is 3. The lowest BCUT2D eigenvalue weighted by Crippen LogP contribution is -2.50. The number of nitrogens with zero attached hydrogens (tertiary/aromatic N) is 2. The van der Waals surface area contributed by atoms with Crippen molar-refractivity contribution < 1.29 is 37.0 Å². The molecule has 4 rings (SSSR count). The van der Waals surface area contributed by atoms with Crippen LogP contribution in [0, 0.1) is 11.7 Å². The summed E-state index contributed by atoms with van der Waals surface area (Å²) >= 11 is 0. The summed E-state index contributed by atoms with van der Waals surface area (Å²) in [5, 5.41) is 15.1. The van der Waals surface area contributed by atoms with Crippen molar-refractivity contribution in [2.45, 2.75) is 30.9 Å². The van der Waals surface area contributed by atoms with Crippen molar-refractivity contribution >= 4 is 33.3 Å². The summed E-state index contributed by atoms with van der Waals surface area (Å²) < 4.78 is 52.5. The molecule has 0 saturated carbocycles. The van der Waals surface area contributed by atoms with Gasteiger partial charge in [0.2, 0.25) is 10.0 Å². The van der Waals surface area contributed by atoms with E-state index >= 15 is 0 Å². The van der Waals surface area contributed by atoms with Crippen LogP contribution in [0.4, 0.5) is 20.6 Å². The van der Waals surface area contributed by atoms with Crippen LogP contribution < -0.4 is 20.1 Å². The van der Waals surface area contributed by atoms with Crippen LogP contribution in [-0.2, 0) is 10.0 Å². The zero-order valence-electron chi connectivity index (χ0n) is 24.3. The Labute approximate surface area is 250 Å². The number of rotatable bonds is 9. The van der Waals surface area contributed by atoms with Crippen LogP contribution in [0.2, 0.25) is 0 Å². The summed E-state index contributed by atoms with van der Waals surface area (Å²) in [7, 11) is -0.923. The number of nitrogens with one attached hydrogen (secondary N) is 2. The van der Waals surface area contributed by atoms with Gasteiger partial charge in [-0.05, 0) is 73.7 Å². The van der Waals surface area contributed by atoms with Gasteiger partial charge in [-0.1, -0.05) is 6.92 Å². The zero-order valence-corrected chi connectivity index (χ0v) is 25.1. The van der Waals surface area contributed by atoms with E-state index in [0.717, 1.165) is 0 Å².